The lowest BCUT2D eigenvalue weighted by Crippen LogP contribution is -2.60. The van der Waals surface area contributed by atoms with Crippen molar-refractivity contribution in [2.24, 2.45) is 0 Å². The van der Waals surface area contributed by atoms with Crippen LogP contribution in [0.2, 0.25) is 0 Å². The molecule has 4 atom stereocenters. The van der Waals surface area contributed by atoms with Crippen LogP contribution in [0.3, 0.4) is 0 Å². The summed E-state index contributed by atoms with van der Waals surface area (Å²) in [5.74, 6) is 0.00811. The standard InChI is InChI=1S/C20H20O6/c1-13(21)24-18-16(22)12-17(23)19(25-14-8-4-2-5-9-14)20(18)26-15-10-6-3-7-11-15/h2-11,17-20,23H,12H2,1H3/t17?,18-,19-,20-/m1/s1. The van der Waals surface area contributed by atoms with E-state index < -0.39 is 36.2 Å². The van der Waals surface area contributed by atoms with Gasteiger partial charge in [-0.3, -0.25) is 9.59 Å². The third-order valence-electron chi connectivity index (χ3n) is 4.05. The molecule has 0 bridgehead atoms. The van der Waals surface area contributed by atoms with Gasteiger partial charge in [-0.15, -0.1) is 0 Å². The minimum Gasteiger partial charge on any atom is -0.484 e. The first-order valence-corrected chi connectivity index (χ1v) is 8.36. The fourth-order valence-electron chi connectivity index (χ4n) is 2.91. The molecule has 6 nitrogen and oxygen atoms in total. The molecule has 1 aliphatic rings. The quantitative estimate of drug-likeness (QED) is 0.827. The molecular formula is C20H20O6. The monoisotopic (exact) mass is 356 g/mol. The van der Waals surface area contributed by atoms with Crippen molar-refractivity contribution >= 4 is 11.8 Å². The number of aliphatic hydroxyl groups is 1. The summed E-state index contributed by atoms with van der Waals surface area (Å²) in [7, 11) is 0. The van der Waals surface area contributed by atoms with Gasteiger partial charge in [-0.2, -0.15) is 0 Å². The predicted octanol–water partition coefficient (Wildman–Crippen LogP) is 2.15. The van der Waals surface area contributed by atoms with E-state index in [0.717, 1.165) is 0 Å². The molecule has 0 radical (unpaired) electrons. The second-order valence-corrected chi connectivity index (χ2v) is 6.06. The molecular weight excluding hydrogens is 336 g/mol. The highest BCUT2D eigenvalue weighted by atomic mass is 16.6. The van der Waals surface area contributed by atoms with E-state index in [0.29, 0.717) is 11.5 Å². The van der Waals surface area contributed by atoms with E-state index in [1.807, 2.05) is 12.1 Å². The van der Waals surface area contributed by atoms with Gasteiger partial charge >= 0.3 is 5.97 Å². The van der Waals surface area contributed by atoms with Crippen LogP contribution in [0.25, 0.3) is 0 Å². The Kier molecular flexibility index (Phi) is 5.53. The van der Waals surface area contributed by atoms with E-state index in [2.05, 4.69) is 0 Å². The molecule has 0 spiro atoms. The first-order valence-electron chi connectivity index (χ1n) is 8.36. The van der Waals surface area contributed by atoms with Crippen molar-refractivity contribution in [2.45, 2.75) is 37.8 Å². The van der Waals surface area contributed by atoms with Crippen molar-refractivity contribution in [3.8, 4) is 11.5 Å². The van der Waals surface area contributed by atoms with Crippen molar-refractivity contribution in [3.05, 3.63) is 60.7 Å². The van der Waals surface area contributed by atoms with Crippen molar-refractivity contribution in [2.75, 3.05) is 0 Å². The zero-order chi connectivity index (χ0) is 18.5. The Morgan fingerprint density at radius 1 is 0.923 bits per heavy atom. The minimum absolute atomic E-state index is 0.176. The van der Waals surface area contributed by atoms with Gasteiger partial charge < -0.3 is 19.3 Å². The van der Waals surface area contributed by atoms with E-state index in [1.165, 1.54) is 6.92 Å². The number of esters is 1. The summed E-state index contributed by atoms with van der Waals surface area (Å²) < 4.78 is 17.0. The summed E-state index contributed by atoms with van der Waals surface area (Å²) in [6.45, 7) is 1.23. The molecule has 6 heteroatoms. The van der Waals surface area contributed by atoms with Crippen LogP contribution in [0.5, 0.6) is 11.5 Å². The molecule has 2 aromatic rings. The maximum Gasteiger partial charge on any atom is 0.303 e. The van der Waals surface area contributed by atoms with Gasteiger partial charge in [0, 0.05) is 13.3 Å². The lowest BCUT2D eigenvalue weighted by Gasteiger charge is -2.39. The SMILES string of the molecule is CC(=O)O[C@@H]1C(=O)CC(O)[C@@H](Oc2ccccc2)[C@@H]1Oc1ccccc1. The van der Waals surface area contributed by atoms with Gasteiger partial charge in [0.25, 0.3) is 0 Å². The molecule has 1 fully saturated rings. The van der Waals surface area contributed by atoms with Crippen molar-refractivity contribution < 1.29 is 28.9 Å². The zero-order valence-electron chi connectivity index (χ0n) is 14.3. The molecule has 0 amide bonds. The minimum atomic E-state index is -1.15. The van der Waals surface area contributed by atoms with Gasteiger partial charge in [-0.25, -0.2) is 0 Å². The van der Waals surface area contributed by atoms with Crippen LogP contribution < -0.4 is 9.47 Å². The van der Waals surface area contributed by atoms with Gasteiger partial charge in [0.15, 0.2) is 24.1 Å². The van der Waals surface area contributed by atoms with E-state index in [1.54, 1.807) is 48.5 Å². The Labute approximate surface area is 151 Å². The van der Waals surface area contributed by atoms with Crippen molar-refractivity contribution in [3.63, 3.8) is 0 Å². The summed E-state index contributed by atoms with van der Waals surface area (Å²) in [5, 5.41) is 10.4. The Morgan fingerprint density at radius 3 is 1.92 bits per heavy atom. The number of ether oxygens (including phenoxy) is 3. The maximum absolute atomic E-state index is 12.4. The molecule has 1 saturated carbocycles. The number of hydrogen-bond donors (Lipinski definition) is 1. The van der Waals surface area contributed by atoms with E-state index >= 15 is 0 Å². The predicted molar refractivity (Wildman–Crippen MR) is 92.9 cm³/mol. The summed E-state index contributed by atoms with van der Waals surface area (Å²) >= 11 is 0. The Balaban J connectivity index is 1.91. The first-order chi connectivity index (χ1) is 12.5. The number of ketones is 1. The average Bonchev–Trinajstić information content (AvgIpc) is 2.63. The topological polar surface area (TPSA) is 82.1 Å². The Morgan fingerprint density at radius 2 is 1.42 bits per heavy atom. The summed E-state index contributed by atoms with van der Waals surface area (Å²) in [6.07, 6.45) is -4.25. The van der Waals surface area contributed by atoms with Gasteiger partial charge in [-0.1, -0.05) is 36.4 Å². The third kappa shape index (κ3) is 4.21. The van der Waals surface area contributed by atoms with Crippen molar-refractivity contribution in [1.82, 2.24) is 0 Å². The molecule has 1 aliphatic carbocycles. The fraction of sp³-hybridized carbons (Fsp3) is 0.300. The molecule has 0 heterocycles. The van der Waals surface area contributed by atoms with Crippen LogP contribution >= 0.6 is 0 Å². The number of rotatable bonds is 5. The first kappa shape index (κ1) is 17.9. The zero-order valence-corrected chi connectivity index (χ0v) is 14.3. The van der Waals surface area contributed by atoms with Gasteiger partial charge in [-0.05, 0) is 24.3 Å². The van der Waals surface area contributed by atoms with Crippen LogP contribution in [0.4, 0.5) is 0 Å². The number of hydrogen-bond acceptors (Lipinski definition) is 6. The fourth-order valence-corrected chi connectivity index (χ4v) is 2.91. The van der Waals surface area contributed by atoms with Gasteiger partial charge in [0.05, 0.1) is 0 Å². The summed E-state index contributed by atoms with van der Waals surface area (Å²) in [6, 6.07) is 17.7. The van der Waals surface area contributed by atoms with Gasteiger partial charge in [0.2, 0.25) is 0 Å². The lowest BCUT2D eigenvalue weighted by molar-refractivity contribution is -0.174. The molecule has 0 aliphatic heterocycles. The molecule has 0 saturated heterocycles. The Hall–Kier alpha value is -2.86. The molecule has 1 unspecified atom stereocenters. The Bertz CT molecular complexity index is 745. The number of Topliss-reactive ketones (excluding diaryl/α,β-unsaturated/α-hetero) is 1. The molecule has 136 valence electrons. The molecule has 0 aromatic heterocycles. The van der Waals surface area contributed by atoms with Crippen LogP contribution in [-0.4, -0.2) is 41.3 Å². The molecule has 3 rings (SSSR count). The second-order valence-electron chi connectivity index (χ2n) is 6.06. The van der Waals surface area contributed by atoms with Crippen molar-refractivity contribution in [1.29, 1.82) is 0 Å². The van der Waals surface area contributed by atoms with Crippen LogP contribution in [0.15, 0.2) is 60.7 Å². The number of carbonyl (C=O) groups is 2. The summed E-state index contributed by atoms with van der Waals surface area (Å²) in [5.41, 5.74) is 0. The number of benzene rings is 2. The smallest absolute Gasteiger partial charge is 0.303 e. The average molecular weight is 356 g/mol. The largest absolute Gasteiger partial charge is 0.484 e. The highest BCUT2D eigenvalue weighted by Gasteiger charge is 2.49. The highest BCUT2D eigenvalue weighted by molar-refractivity contribution is 5.87. The third-order valence-corrected chi connectivity index (χ3v) is 4.05. The maximum atomic E-state index is 12.4. The number of para-hydroxylation sites is 2. The molecule has 26 heavy (non-hydrogen) atoms. The molecule has 2 aromatic carbocycles. The lowest BCUT2D eigenvalue weighted by atomic mass is 9.88. The van der Waals surface area contributed by atoms with E-state index in [4.69, 9.17) is 14.2 Å². The van der Waals surface area contributed by atoms with E-state index in [-0.39, 0.29) is 6.42 Å². The number of aliphatic hydroxyl groups excluding tert-OH is 1. The van der Waals surface area contributed by atoms with Gasteiger partial charge in [0.1, 0.15) is 17.6 Å². The van der Waals surface area contributed by atoms with E-state index in [9.17, 15) is 14.7 Å². The van der Waals surface area contributed by atoms with Crippen LogP contribution in [0, 0.1) is 0 Å². The second kappa shape index (κ2) is 8.01. The highest BCUT2D eigenvalue weighted by Crippen LogP contribution is 2.28. The van der Waals surface area contributed by atoms with Crippen LogP contribution in [-0.2, 0) is 14.3 Å². The molecule has 1 N–H and O–H groups in total. The normalized spacial score (nSPS) is 25.4. The number of carbonyl (C=O) groups excluding carboxylic acids is 2. The van der Waals surface area contributed by atoms with Crippen LogP contribution in [0.1, 0.15) is 13.3 Å². The summed E-state index contributed by atoms with van der Waals surface area (Å²) in [4.78, 5) is 23.8.